The van der Waals surface area contributed by atoms with E-state index in [0.29, 0.717) is 31.9 Å². The molecule has 1 aromatic heterocycles. The molecule has 8 heteroatoms. The quantitative estimate of drug-likeness (QED) is 0.840. The molecule has 23 heavy (non-hydrogen) atoms. The molecule has 1 amide bonds. The summed E-state index contributed by atoms with van der Waals surface area (Å²) in [6.07, 6.45) is 0.425. The molecule has 0 spiro atoms. The van der Waals surface area contributed by atoms with Gasteiger partial charge in [0.25, 0.3) is 0 Å². The van der Waals surface area contributed by atoms with Gasteiger partial charge >= 0.3 is 0 Å². The number of halogens is 1. The number of nitrogens with zero attached hydrogens (tertiary/aromatic N) is 5. The van der Waals surface area contributed by atoms with E-state index in [1.807, 2.05) is 6.92 Å². The lowest BCUT2D eigenvalue weighted by molar-refractivity contribution is -0.139. The first-order valence-electron chi connectivity index (χ1n) is 7.57. The normalized spacial score (nSPS) is 18.2. The van der Waals surface area contributed by atoms with Crippen LogP contribution in [-0.2, 0) is 22.5 Å². The summed E-state index contributed by atoms with van der Waals surface area (Å²) in [5.41, 5.74) is 0.862. The SMILES string of the molecule is CCc1nnnn1CC(=O)N1CCO[C@@H](c2ccc(F)cc2)C1. The van der Waals surface area contributed by atoms with Crippen LogP contribution in [0.1, 0.15) is 24.4 Å². The number of benzene rings is 1. The maximum Gasteiger partial charge on any atom is 0.244 e. The summed E-state index contributed by atoms with van der Waals surface area (Å²) in [6, 6.07) is 6.16. The second-order valence-electron chi connectivity index (χ2n) is 5.36. The molecule has 1 atom stereocenters. The molecule has 3 rings (SSSR count). The molecule has 1 aliphatic rings. The Hall–Kier alpha value is -2.35. The van der Waals surface area contributed by atoms with Crippen LogP contribution in [0.25, 0.3) is 0 Å². The summed E-state index contributed by atoms with van der Waals surface area (Å²) in [6.45, 7) is 3.47. The first kappa shape index (κ1) is 15.5. The highest BCUT2D eigenvalue weighted by atomic mass is 19.1. The van der Waals surface area contributed by atoms with Crippen LogP contribution in [0, 0.1) is 5.82 Å². The van der Waals surface area contributed by atoms with Gasteiger partial charge in [-0.25, -0.2) is 9.07 Å². The number of carbonyl (C=O) groups is 1. The van der Waals surface area contributed by atoms with Gasteiger partial charge in [0.15, 0.2) is 5.82 Å². The van der Waals surface area contributed by atoms with Crippen LogP contribution in [0.2, 0.25) is 0 Å². The van der Waals surface area contributed by atoms with Crippen molar-refractivity contribution >= 4 is 5.91 Å². The number of aromatic nitrogens is 4. The molecule has 0 saturated carbocycles. The molecule has 1 saturated heterocycles. The summed E-state index contributed by atoms with van der Waals surface area (Å²) < 4.78 is 20.2. The van der Waals surface area contributed by atoms with Crippen LogP contribution in [0.3, 0.4) is 0 Å². The Kier molecular flexibility index (Phi) is 4.61. The number of hydrogen-bond donors (Lipinski definition) is 0. The molecular weight excluding hydrogens is 301 g/mol. The lowest BCUT2D eigenvalue weighted by Crippen LogP contribution is -2.43. The van der Waals surface area contributed by atoms with Crippen molar-refractivity contribution < 1.29 is 13.9 Å². The first-order valence-corrected chi connectivity index (χ1v) is 7.57. The molecule has 0 N–H and O–H groups in total. The highest BCUT2D eigenvalue weighted by Gasteiger charge is 2.26. The minimum absolute atomic E-state index is 0.0533. The lowest BCUT2D eigenvalue weighted by atomic mass is 10.1. The van der Waals surface area contributed by atoms with E-state index < -0.39 is 0 Å². The first-order chi connectivity index (χ1) is 11.2. The monoisotopic (exact) mass is 319 g/mol. The molecule has 0 radical (unpaired) electrons. The Morgan fingerprint density at radius 1 is 1.39 bits per heavy atom. The van der Waals surface area contributed by atoms with Gasteiger partial charge in [-0.2, -0.15) is 0 Å². The zero-order valence-corrected chi connectivity index (χ0v) is 12.9. The molecule has 2 aromatic rings. The van der Waals surface area contributed by atoms with Gasteiger partial charge in [0, 0.05) is 13.0 Å². The van der Waals surface area contributed by atoms with Crippen LogP contribution >= 0.6 is 0 Å². The molecule has 1 aromatic carbocycles. The van der Waals surface area contributed by atoms with E-state index in [4.69, 9.17) is 4.74 Å². The summed E-state index contributed by atoms with van der Waals surface area (Å²) >= 11 is 0. The van der Waals surface area contributed by atoms with E-state index in [2.05, 4.69) is 15.5 Å². The molecule has 0 unspecified atom stereocenters. The second kappa shape index (κ2) is 6.82. The Morgan fingerprint density at radius 2 is 2.17 bits per heavy atom. The Morgan fingerprint density at radius 3 is 2.91 bits per heavy atom. The standard InChI is InChI=1S/C15H18FN5O2/c1-2-14-17-18-19-21(14)10-15(22)20-7-8-23-13(9-20)11-3-5-12(16)6-4-11/h3-6,13H,2,7-10H2,1H3/t13-/m1/s1. The second-order valence-corrected chi connectivity index (χ2v) is 5.36. The molecule has 1 fully saturated rings. The average Bonchev–Trinajstić information content (AvgIpc) is 3.03. The fourth-order valence-electron chi connectivity index (χ4n) is 2.58. The van der Waals surface area contributed by atoms with Crippen molar-refractivity contribution in [3.63, 3.8) is 0 Å². The number of hydrogen-bond acceptors (Lipinski definition) is 5. The molecular formula is C15H18FN5O2. The predicted octanol–water partition coefficient (Wildman–Crippen LogP) is 0.975. The van der Waals surface area contributed by atoms with Crippen LogP contribution in [-0.4, -0.2) is 50.7 Å². The third-order valence-electron chi connectivity index (χ3n) is 3.87. The van der Waals surface area contributed by atoms with Crippen molar-refractivity contribution in [3.8, 4) is 0 Å². The highest BCUT2D eigenvalue weighted by molar-refractivity contribution is 5.76. The van der Waals surface area contributed by atoms with Crippen molar-refractivity contribution in [2.75, 3.05) is 19.7 Å². The van der Waals surface area contributed by atoms with Crippen LogP contribution in [0.4, 0.5) is 4.39 Å². The van der Waals surface area contributed by atoms with Gasteiger partial charge in [0.1, 0.15) is 18.5 Å². The molecule has 1 aliphatic heterocycles. The summed E-state index contributed by atoms with van der Waals surface area (Å²) in [5.74, 6) is 0.340. The third kappa shape index (κ3) is 3.53. The largest absolute Gasteiger partial charge is 0.370 e. The van der Waals surface area contributed by atoms with E-state index in [0.717, 1.165) is 5.56 Å². The summed E-state index contributed by atoms with van der Waals surface area (Å²) in [5, 5.41) is 11.3. The van der Waals surface area contributed by atoms with E-state index in [1.54, 1.807) is 17.0 Å². The van der Waals surface area contributed by atoms with Crippen molar-refractivity contribution in [2.45, 2.75) is 26.0 Å². The maximum atomic E-state index is 13.0. The number of carbonyl (C=O) groups excluding carboxylic acids is 1. The van der Waals surface area contributed by atoms with Crippen molar-refractivity contribution in [3.05, 3.63) is 41.5 Å². The number of tetrazole rings is 1. The Labute approximate surface area is 133 Å². The minimum atomic E-state index is -0.289. The maximum absolute atomic E-state index is 13.0. The smallest absolute Gasteiger partial charge is 0.244 e. The zero-order chi connectivity index (χ0) is 16.2. The van der Waals surface area contributed by atoms with Crippen molar-refractivity contribution in [1.29, 1.82) is 0 Å². The number of ether oxygens (including phenoxy) is 1. The zero-order valence-electron chi connectivity index (χ0n) is 12.9. The molecule has 0 bridgehead atoms. The third-order valence-corrected chi connectivity index (χ3v) is 3.87. The molecule has 7 nitrogen and oxygen atoms in total. The molecule has 122 valence electrons. The average molecular weight is 319 g/mol. The predicted molar refractivity (Wildman–Crippen MR) is 78.9 cm³/mol. The van der Waals surface area contributed by atoms with Gasteiger partial charge in [0.05, 0.1) is 13.2 Å². The number of aryl methyl sites for hydroxylation is 1. The van der Waals surface area contributed by atoms with Gasteiger partial charge in [-0.05, 0) is 28.1 Å². The van der Waals surface area contributed by atoms with E-state index in [1.165, 1.54) is 16.8 Å². The topological polar surface area (TPSA) is 73.1 Å². The van der Waals surface area contributed by atoms with Gasteiger partial charge in [-0.1, -0.05) is 19.1 Å². The summed E-state index contributed by atoms with van der Waals surface area (Å²) in [7, 11) is 0. The van der Waals surface area contributed by atoms with Gasteiger partial charge in [0.2, 0.25) is 5.91 Å². The van der Waals surface area contributed by atoms with E-state index >= 15 is 0 Å². The Bertz CT molecular complexity index is 673. The number of rotatable bonds is 4. The van der Waals surface area contributed by atoms with E-state index in [-0.39, 0.29) is 24.4 Å². The van der Waals surface area contributed by atoms with Crippen LogP contribution in [0.5, 0.6) is 0 Å². The van der Waals surface area contributed by atoms with Crippen LogP contribution in [0.15, 0.2) is 24.3 Å². The molecule has 0 aliphatic carbocycles. The van der Waals surface area contributed by atoms with Crippen molar-refractivity contribution in [2.24, 2.45) is 0 Å². The number of amides is 1. The van der Waals surface area contributed by atoms with Gasteiger partial charge in [-0.3, -0.25) is 4.79 Å². The summed E-state index contributed by atoms with van der Waals surface area (Å²) in [4.78, 5) is 14.2. The lowest BCUT2D eigenvalue weighted by Gasteiger charge is -2.33. The number of morpholine rings is 1. The van der Waals surface area contributed by atoms with Gasteiger partial charge < -0.3 is 9.64 Å². The fraction of sp³-hybridized carbons (Fsp3) is 0.467. The van der Waals surface area contributed by atoms with Gasteiger partial charge in [-0.15, -0.1) is 5.10 Å². The Balaban J connectivity index is 1.66. The highest BCUT2D eigenvalue weighted by Crippen LogP contribution is 2.22. The fourth-order valence-corrected chi connectivity index (χ4v) is 2.58. The van der Waals surface area contributed by atoms with Crippen molar-refractivity contribution in [1.82, 2.24) is 25.1 Å². The van der Waals surface area contributed by atoms with E-state index in [9.17, 15) is 9.18 Å². The van der Waals surface area contributed by atoms with Crippen LogP contribution < -0.4 is 0 Å². The molecule has 2 heterocycles. The minimum Gasteiger partial charge on any atom is -0.370 e.